The van der Waals surface area contributed by atoms with E-state index in [0.717, 1.165) is 68.8 Å². The minimum Gasteiger partial charge on any atom is -0.361 e. The zero-order valence-electron chi connectivity index (χ0n) is 19.6. The Kier molecular flexibility index (Phi) is 7.78. The molecule has 0 bridgehead atoms. The van der Waals surface area contributed by atoms with Crippen LogP contribution in [0.5, 0.6) is 0 Å². The Morgan fingerprint density at radius 1 is 1.20 bits per heavy atom. The summed E-state index contributed by atoms with van der Waals surface area (Å²) < 4.78 is 5.45. The van der Waals surface area contributed by atoms with Gasteiger partial charge in [0.25, 0.3) is 5.91 Å². The molecule has 1 amide bonds. The summed E-state index contributed by atoms with van der Waals surface area (Å²) in [6, 6.07) is 5.92. The molecular formula is C25H31ClN6O3. The molecule has 1 aromatic carbocycles. The molecule has 4 heterocycles. The van der Waals surface area contributed by atoms with Gasteiger partial charge >= 0.3 is 0 Å². The number of piperidine rings is 1. The Morgan fingerprint density at radius 2 is 2.03 bits per heavy atom. The van der Waals surface area contributed by atoms with Crippen molar-refractivity contribution < 1.29 is 14.4 Å². The maximum absolute atomic E-state index is 12.3. The first-order chi connectivity index (χ1) is 17.2. The van der Waals surface area contributed by atoms with Gasteiger partial charge in [0.2, 0.25) is 5.95 Å². The number of ether oxygens (including phenoxy) is 1. The van der Waals surface area contributed by atoms with Crippen LogP contribution in [0.2, 0.25) is 5.02 Å². The van der Waals surface area contributed by atoms with Crippen molar-refractivity contribution in [2.45, 2.75) is 44.9 Å². The highest BCUT2D eigenvalue weighted by Gasteiger charge is 2.22. The maximum Gasteiger partial charge on any atom is 0.278 e. The third kappa shape index (κ3) is 6.10. The Morgan fingerprint density at radius 3 is 2.80 bits per heavy atom. The lowest BCUT2D eigenvalue weighted by atomic mass is 9.97. The fraction of sp³-hybridized carbons (Fsp3) is 0.480. The van der Waals surface area contributed by atoms with Crippen LogP contribution in [0.3, 0.4) is 0 Å². The van der Waals surface area contributed by atoms with Crippen LogP contribution in [-0.4, -0.2) is 53.4 Å². The van der Waals surface area contributed by atoms with Crippen LogP contribution < -0.4 is 15.7 Å². The molecule has 2 aromatic heterocycles. The van der Waals surface area contributed by atoms with Gasteiger partial charge in [0, 0.05) is 67.2 Å². The van der Waals surface area contributed by atoms with Gasteiger partial charge in [-0.05, 0) is 61.9 Å². The number of fused-ring (bicyclic) bond motifs is 1. The minimum atomic E-state index is -0.385. The molecule has 3 aromatic rings. The molecule has 35 heavy (non-hydrogen) atoms. The molecule has 5 rings (SSSR count). The molecule has 2 aliphatic heterocycles. The molecule has 2 fully saturated rings. The van der Waals surface area contributed by atoms with Gasteiger partial charge in [-0.25, -0.2) is 20.3 Å². The van der Waals surface area contributed by atoms with Gasteiger partial charge in [-0.2, -0.15) is 0 Å². The van der Waals surface area contributed by atoms with Crippen LogP contribution in [0.25, 0.3) is 10.9 Å². The Hall–Kier alpha value is -2.72. The van der Waals surface area contributed by atoms with E-state index in [1.807, 2.05) is 24.4 Å². The summed E-state index contributed by atoms with van der Waals surface area (Å²) in [5, 5.41) is 5.52. The molecule has 2 saturated heterocycles. The standard InChI is InChI=1S/C25H31ClN6O3/c26-20-4-5-22-21(11-20)18(14-28-22)13-27-12-17-6-8-32(9-7-17)25-29-15-19(16-30-25)24(33)31-35-23-3-1-2-10-34-23/h4-5,11,14-17,23,27-28H,1-3,6-10,12-13H2,(H,31,33). The van der Waals surface area contributed by atoms with Crippen LogP contribution in [0.4, 0.5) is 5.95 Å². The number of benzene rings is 1. The molecular weight excluding hydrogens is 468 g/mol. The first-order valence-corrected chi connectivity index (χ1v) is 12.6. The van der Waals surface area contributed by atoms with Gasteiger partial charge in [0.1, 0.15) is 0 Å². The third-order valence-electron chi connectivity index (χ3n) is 6.70. The number of H-pyrrole nitrogens is 1. The van der Waals surface area contributed by atoms with Crippen molar-refractivity contribution in [3.8, 4) is 0 Å². The smallest absolute Gasteiger partial charge is 0.278 e. The number of halogens is 1. The summed E-state index contributed by atoms with van der Waals surface area (Å²) >= 11 is 6.16. The van der Waals surface area contributed by atoms with E-state index in [0.29, 0.717) is 24.0 Å². The van der Waals surface area contributed by atoms with Gasteiger partial charge in [0.15, 0.2) is 6.29 Å². The number of hydrogen-bond acceptors (Lipinski definition) is 7. The average Bonchev–Trinajstić information content (AvgIpc) is 3.30. The SMILES string of the molecule is O=C(NOC1CCCCO1)c1cnc(N2CCC(CNCc3c[nH]c4ccc(Cl)cc34)CC2)nc1. The predicted molar refractivity (Wildman–Crippen MR) is 134 cm³/mol. The first kappa shape index (κ1) is 24.0. The maximum atomic E-state index is 12.3. The quantitative estimate of drug-likeness (QED) is 0.406. The molecule has 1 unspecified atom stereocenters. The van der Waals surface area contributed by atoms with E-state index >= 15 is 0 Å². The number of aromatic amines is 1. The van der Waals surface area contributed by atoms with E-state index in [4.69, 9.17) is 21.2 Å². The van der Waals surface area contributed by atoms with Gasteiger partial charge in [-0.15, -0.1) is 0 Å². The topological polar surface area (TPSA) is 104 Å². The highest BCUT2D eigenvalue weighted by molar-refractivity contribution is 6.31. The Bertz CT molecular complexity index is 1120. The van der Waals surface area contributed by atoms with Gasteiger partial charge in [-0.3, -0.25) is 4.79 Å². The lowest BCUT2D eigenvalue weighted by Crippen LogP contribution is -2.38. The summed E-state index contributed by atoms with van der Waals surface area (Å²) in [5.41, 5.74) is 5.14. The van der Waals surface area contributed by atoms with E-state index in [2.05, 4.69) is 30.6 Å². The number of hydrogen-bond donors (Lipinski definition) is 3. The highest BCUT2D eigenvalue weighted by Crippen LogP contribution is 2.23. The van der Waals surface area contributed by atoms with Crippen LogP contribution in [-0.2, 0) is 16.1 Å². The number of hydroxylamine groups is 1. The fourth-order valence-corrected chi connectivity index (χ4v) is 4.80. The summed E-state index contributed by atoms with van der Waals surface area (Å²) in [7, 11) is 0. The van der Waals surface area contributed by atoms with Crippen molar-refractivity contribution in [3.63, 3.8) is 0 Å². The number of nitrogens with zero attached hydrogens (tertiary/aromatic N) is 3. The molecule has 0 aliphatic carbocycles. The fourth-order valence-electron chi connectivity index (χ4n) is 4.63. The van der Waals surface area contributed by atoms with Crippen molar-refractivity contribution in [3.05, 3.63) is 52.9 Å². The second-order valence-corrected chi connectivity index (χ2v) is 9.62. The van der Waals surface area contributed by atoms with Crippen LogP contribution >= 0.6 is 11.6 Å². The van der Waals surface area contributed by atoms with Crippen molar-refractivity contribution >= 4 is 34.4 Å². The summed E-state index contributed by atoms with van der Waals surface area (Å²) in [6.07, 6.45) is 9.72. The highest BCUT2D eigenvalue weighted by atomic mass is 35.5. The van der Waals surface area contributed by atoms with Gasteiger partial charge in [-0.1, -0.05) is 11.6 Å². The lowest BCUT2D eigenvalue weighted by Gasteiger charge is -2.32. The molecule has 0 saturated carbocycles. The van der Waals surface area contributed by atoms with Crippen LogP contribution in [0, 0.1) is 5.92 Å². The number of anilines is 1. The molecule has 0 spiro atoms. The summed E-state index contributed by atoms with van der Waals surface area (Å²) in [4.78, 5) is 31.9. The van der Waals surface area contributed by atoms with E-state index < -0.39 is 0 Å². The monoisotopic (exact) mass is 498 g/mol. The molecule has 0 radical (unpaired) electrons. The van der Waals surface area contributed by atoms with Crippen LogP contribution in [0.1, 0.15) is 48.0 Å². The summed E-state index contributed by atoms with van der Waals surface area (Å²) in [5.74, 6) is 0.886. The molecule has 10 heteroatoms. The lowest BCUT2D eigenvalue weighted by molar-refractivity contribution is -0.186. The van der Waals surface area contributed by atoms with Crippen molar-refractivity contribution in [2.24, 2.45) is 5.92 Å². The number of rotatable bonds is 8. The number of carbonyl (C=O) groups excluding carboxylic acids is 1. The van der Waals surface area contributed by atoms with Gasteiger partial charge in [0.05, 0.1) is 5.56 Å². The zero-order chi connectivity index (χ0) is 24.0. The van der Waals surface area contributed by atoms with Gasteiger partial charge < -0.3 is 19.9 Å². The third-order valence-corrected chi connectivity index (χ3v) is 6.93. The molecule has 186 valence electrons. The predicted octanol–water partition coefficient (Wildman–Crippen LogP) is 3.81. The van der Waals surface area contributed by atoms with Crippen molar-refractivity contribution in [2.75, 3.05) is 31.1 Å². The largest absolute Gasteiger partial charge is 0.361 e. The van der Waals surface area contributed by atoms with Crippen molar-refractivity contribution in [1.82, 2.24) is 25.7 Å². The number of amides is 1. The van der Waals surface area contributed by atoms with Crippen molar-refractivity contribution in [1.29, 1.82) is 0 Å². The Labute approximate surface area is 209 Å². The van der Waals surface area contributed by atoms with E-state index in [-0.39, 0.29) is 12.2 Å². The Balaban J connectivity index is 1.05. The second kappa shape index (κ2) is 11.3. The first-order valence-electron chi connectivity index (χ1n) is 12.3. The number of carbonyl (C=O) groups is 1. The molecule has 9 nitrogen and oxygen atoms in total. The summed E-state index contributed by atoms with van der Waals surface area (Å²) in [6.45, 7) is 4.21. The molecule has 3 N–H and O–H groups in total. The van der Waals surface area contributed by atoms with E-state index in [9.17, 15) is 4.79 Å². The normalized spacial score (nSPS) is 19.2. The average molecular weight is 499 g/mol. The molecule has 1 atom stereocenters. The van der Waals surface area contributed by atoms with E-state index in [1.54, 1.807) is 12.4 Å². The van der Waals surface area contributed by atoms with Crippen LogP contribution in [0.15, 0.2) is 36.8 Å². The minimum absolute atomic E-state index is 0.363. The molecule has 2 aliphatic rings. The zero-order valence-corrected chi connectivity index (χ0v) is 20.4. The second-order valence-electron chi connectivity index (χ2n) is 9.18. The van der Waals surface area contributed by atoms with E-state index in [1.165, 1.54) is 10.9 Å². The number of nitrogens with one attached hydrogen (secondary N) is 3. The number of aromatic nitrogens is 3.